The molecule has 132 valence electrons. The fourth-order valence-corrected chi connectivity index (χ4v) is 2.66. The lowest BCUT2D eigenvalue weighted by atomic mass is 10.2. The van der Waals surface area contributed by atoms with E-state index in [-0.39, 0.29) is 23.8 Å². The molecule has 0 radical (unpaired) electrons. The van der Waals surface area contributed by atoms with Crippen LogP contribution in [0.2, 0.25) is 0 Å². The summed E-state index contributed by atoms with van der Waals surface area (Å²) in [5.74, 6) is -0.920. The molecule has 27 heavy (non-hydrogen) atoms. The number of pyridine rings is 1. The third kappa shape index (κ3) is 3.16. The quantitative estimate of drug-likeness (QED) is 0.308. The zero-order valence-electron chi connectivity index (χ0n) is 13.7. The van der Waals surface area contributed by atoms with Crippen LogP contribution in [0.4, 0.5) is 14.6 Å². The molecule has 0 bridgehead atoms. The van der Waals surface area contributed by atoms with Gasteiger partial charge in [0.15, 0.2) is 11.5 Å². The van der Waals surface area contributed by atoms with Crippen LogP contribution in [-0.4, -0.2) is 24.7 Å². The molecule has 0 aliphatic rings. The molecule has 0 aliphatic heterocycles. The number of hydrogen-bond donors (Lipinski definition) is 0. The zero-order valence-corrected chi connectivity index (χ0v) is 13.7. The van der Waals surface area contributed by atoms with E-state index in [2.05, 4.69) is 30.1 Å². The summed E-state index contributed by atoms with van der Waals surface area (Å²) in [6, 6.07) is 8.35. The fraction of sp³-hybridized carbons (Fsp3) is 0.0588. The highest BCUT2D eigenvalue weighted by Crippen LogP contribution is 2.26. The van der Waals surface area contributed by atoms with Crippen molar-refractivity contribution in [2.45, 2.75) is 6.54 Å². The van der Waals surface area contributed by atoms with Gasteiger partial charge in [-0.2, -0.15) is 5.10 Å². The van der Waals surface area contributed by atoms with Crippen molar-refractivity contribution < 1.29 is 8.78 Å². The molecule has 0 spiro atoms. The Morgan fingerprint density at radius 2 is 2.00 bits per heavy atom. The lowest BCUT2D eigenvalue weighted by molar-refractivity contribution is 0.561. The highest BCUT2D eigenvalue weighted by molar-refractivity contribution is 5.89. The Labute approximate surface area is 150 Å². The number of azide groups is 1. The third-order valence-electron chi connectivity index (χ3n) is 3.84. The molecule has 0 saturated carbocycles. The van der Waals surface area contributed by atoms with E-state index >= 15 is 0 Å². The Kier molecular flexibility index (Phi) is 4.15. The van der Waals surface area contributed by atoms with E-state index in [4.69, 9.17) is 5.53 Å². The molecule has 0 saturated heterocycles. The number of halogens is 2. The molecule has 0 amide bonds. The van der Waals surface area contributed by atoms with E-state index < -0.39 is 11.6 Å². The first-order chi connectivity index (χ1) is 13.2. The van der Waals surface area contributed by atoms with Gasteiger partial charge in [0, 0.05) is 28.9 Å². The molecule has 0 atom stereocenters. The summed E-state index contributed by atoms with van der Waals surface area (Å²) in [5.41, 5.74) is 9.75. The number of benzene rings is 1. The summed E-state index contributed by atoms with van der Waals surface area (Å²) in [5, 5.41) is 8.57. The second kappa shape index (κ2) is 6.77. The molecule has 4 aromatic rings. The van der Waals surface area contributed by atoms with Crippen LogP contribution in [0.3, 0.4) is 0 Å². The molecule has 3 aromatic heterocycles. The van der Waals surface area contributed by atoms with Crippen molar-refractivity contribution in [3.8, 4) is 11.5 Å². The van der Waals surface area contributed by atoms with Crippen LogP contribution in [0.25, 0.3) is 33.0 Å². The van der Waals surface area contributed by atoms with Crippen molar-refractivity contribution in [1.82, 2.24) is 24.7 Å². The topological polar surface area (TPSA) is 105 Å². The number of hydrogen-bond acceptors (Lipinski definition) is 5. The lowest BCUT2D eigenvalue weighted by Crippen LogP contribution is -2.05. The SMILES string of the molecule is [N-]=[N+]=Nc1ccnc(-c2nn(Cc3ccc(F)cc3F)c3ncccc23)n1. The monoisotopic (exact) mass is 364 g/mol. The molecule has 3 heterocycles. The van der Waals surface area contributed by atoms with Crippen LogP contribution in [0.15, 0.2) is 53.9 Å². The minimum absolute atomic E-state index is 0.0513. The molecule has 0 unspecified atom stereocenters. The molecule has 0 aliphatic carbocycles. The number of aromatic nitrogens is 5. The summed E-state index contributed by atoms with van der Waals surface area (Å²) in [6.07, 6.45) is 3.04. The average Bonchev–Trinajstić information content (AvgIpc) is 3.03. The Morgan fingerprint density at radius 1 is 1.11 bits per heavy atom. The largest absolute Gasteiger partial charge is 0.242 e. The van der Waals surface area contributed by atoms with Gasteiger partial charge in [-0.3, -0.25) is 0 Å². The van der Waals surface area contributed by atoms with E-state index in [0.29, 0.717) is 16.7 Å². The molecule has 10 heteroatoms. The van der Waals surface area contributed by atoms with Gasteiger partial charge >= 0.3 is 0 Å². The van der Waals surface area contributed by atoms with Gasteiger partial charge in [-0.05, 0) is 34.9 Å². The maximum absolute atomic E-state index is 14.0. The maximum atomic E-state index is 14.0. The summed E-state index contributed by atoms with van der Waals surface area (Å²) in [6.45, 7) is 0.0513. The third-order valence-corrected chi connectivity index (χ3v) is 3.84. The summed E-state index contributed by atoms with van der Waals surface area (Å²) in [7, 11) is 0. The van der Waals surface area contributed by atoms with E-state index in [1.807, 2.05) is 0 Å². The molecule has 1 aromatic carbocycles. The number of fused-ring (bicyclic) bond motifs is 1. The smallest absolute Gasteiger partial charge is 0.181 e. The maximum Gasteiger partial charge on any atom is 0.181 e. The molecule has 8 nitrogen and oxygen atoms in total. The van der Waals surface area contributed by atoms with Crippen molar-refractivity contribution >= 4 is 16.9 Å². The van der Waals surface area contributed by atoms with Gasteiger partial charge in [-0.25, -0.2) is 28.4 Å². The molecule has 0 fully saturated rings. The Balaban J connectivity index is 1.84. The summed E-state index contributed by atoms with van der Waals surface area (Å²) >= 11 is 0. The van der Waals surface area contributed by atoms with Crippen LogP contribution >= 0.6 is 0 Å². The van der Waals surface area contributed by atoms with Crippen LogP contribution in [0, 0.1) is 11.6 Å². The molecular formula is C17H10F2N8. The highest BCUT2D eigenvalue weighted by atomic mass is 19.1. The van der Waals surface area contributed by atoms with E-state index in [1.54, 1.807) is 18.3 Å². The van der Waals surface area contributed by atoms with Gasteiger partial charge in [0.2, 0.25) is 0 Å². The van der Waals surface area contributed by atoms with Gasteiger partial charge in [-0.15, -0.1) is 0 Å². The van der Waals surface area contributed by atoms with Gasteiger partial charge in [0.25, 0.3) is 0 Å². The van der Waals surface area contributed by atoms with Crippen LogP contribution in [-0.2, 0) is 6.54 Å². The first-order valence-electron chi connectivity index (χ1n) is 7.79. The van der Waals surface area contributed by atoms with E-state index in [0.717, 1.165) is 6.07 Å². The fourth-order valence-electron chi connectivity index (χ4n) is 2.66. The predicted octanol–water partition coefficient (Wildman–Crippen LogP) is 4.16. The second-order valence-corrected chi connectivity index (χ2v) is 5.54. The first-order valence-corrected chi connectivity index (χ1v) is 7.79. The molecule has 4 rings (SSSR count). The minimum atomic E-state index is -0.669. The Morgan fingerprint density at radius 3 is 2.81 bits per heavy atom. The zero-order chi connectivity index (χ0) is 18.8. The minimum Gasteiger partial charge on any atom is -0.242 e. The van der Waals surface area contributed by atoms with Gasteiger partial charge < -0.3 is 0 Å². The lowest BCUT2D eigenvalue weighted by Gasteiger charge is -2.04. The Hall–Kier alpha value is -3.91. The van der Waals surface area contributed by atoms with Crippen molar-refractivity contribution in [3.05, 3.63) is 76.4 Å². The van der Waals surface area contributed by atoms with Crippen LogP contribution in [0.1, 0.15) is 5.56 Å². The second-order valence-electron chi connectivity index (χ2n) is 5.54. The highest BCUT2D eigenvalue weighted by Gasteiger charge is 2.17. The standard InChI is InChI=1S/C17H10F2N8/c18-11-4-3-10(13(19)8-11)9-27-17-12(2-1-6-22-17)15(25-27)16-21-7-5-14(23-16)24-26-20/h1-8H,9H2. The van der Waals surface area contributed by atoms with Gasteiger partial charge in [0.1, 0.15) is 23.1 Å². The predicted molar refractivity (Wildman–Crippen MR) is 92.8 cm³/mol. The summed E-state index contributed by atoms with van der Waals surface area (Å²) in [4.78, 5) is 15.3. The normalized spacial score (nSPS) is 10.7. The Bertz CT molecular complexity index is 1200. The van der Waals surface area contributed by atoms with Gasteiger partial charge in [-0.1, -0.05) is 6.07 Å². The van der Waals surface area contributed by atoms with Crippen molar-refractivity contribution in [3.63, 3.8) is 0 Å². The average molecular weight is 364 g/mol. The van der Waals surface area contributed by atoms with E-state index in [9.17, 15) is 8.78 Å². The van der Waals surface area contributed by atoms with Crippen LogP contribution in [0.5, 0.6) is 0 Å². The number of nitrogens with zero attached hydrogens (tertiary/aromatic N) is 8. The first kappa shape index (κ1) is 16.6. The van der Waals surface area contributed by atoms with Gasteiger partial charge in [0.05, 0.1) is 11.9 Å². The van der Waals surface area contributed by atoms with Crippen molar-refractivity contribution in [2.75, 3.05) is 0 Å². The van der Waals surface area contributed by atoms with E-state index in [1.165, 1.54) is 29.1 Å². The van der Waals surface area contributed by atoms with Crippen molar-refractivity contribution in [2.24, 2.45) is 5.11 Å². The van der Waals surface area contributed by atoms with Crippen molar-refractivity contribution in [1.29, 1.82) is 0 Å². The number of rotatable bonds is 4. The summed E-state index contributed by atoms with van der Waals surface area (Å²) < 4.78 is 28.7. The molecule has 0 N–H and O–H groups in total. The van der Waals surface area contributed by atoms with Crippen LogP contribution < -0.4 is 0 Å². The molecular weight excluding hydrogens is 354 g/mol.